The number of carbonyl (C=O) groups excluding carboxylic acids is 1. The standard InChI is InChI=1S/C20H17F3N2O2S/c1-12-16(18(26)27-11-13-5-3-2-4-6-13)17(25-19(28)24-12)14-7-9-15(10-8-14)20(21,22)23/h2-10,17H,11H2,1H3,(H2,24,25,28). The first-order chi connectivity index (χ1) is 13.3. The number of hydrogen-bond donors (Lipinski definition) is 2. The van der Waals surface area contributed by atoms with Gasteiger partial charge in [-0.25, -0.2) is 4.79 Å². The molecule has 0 aliphatic carbocycles. The molecule has 4 nitrogen and oxygen atoms in total. The van der Waals surface area contributed by atoms with Gasteiger partial charge in [0.2, 0.25) is 0 Å². The minimum absolute atomic E-state index is 0.0840. The van der Waals surface area contributed by atoms with E-state index in [0.29, 0.717) is 11.3 Å². The first-order valence-electron chi connectivity index (χ1n) is 8.42. The van der Waals surface area contributed by atoms with E-state index in [9.17, 15) is 18.0 Å². The van der Waals surface area contributed by atoms with E-state index in [1.165, 1.54) is 12.1 Å². The molecule has 0 amide bonds. The zero-order valence-electron chi connectivity index (χ0n) is 14.8. The first-order valence-corrected chi connectivity index (χ1v) is 8.83. The van der Waals surface area contributed by atoms with Gasteiger partial charge in [-0.15, -0.1) is 0 Å². The Morgan fingerprint density at radius 2 is 1.75 bits per heavy atom. The van der Waals surface area contributed by atoms with Crippen LogP contribution in [0.15, 0.2) is 65.9 Å². The summed E-state index contributed by atoms with van der Waals surface area (Å²) in [4.78, 5) is 12.7. The minimum atomic E-state index is -4.43. The molecule has 0 saturated heterocycles. The number of hydrogen-bond acceptors (Lipinski definition) is 3. The molecule has 8 heteroatoms. The molecule has 1 atom stereocenters. The van der Waals surface area contributed by atoms with Crippen LogP contribution in [0.3, 0.4) is 0 Å². The topological polar surface area (TPSA) is 50.4 Å². The van der Waals surface area contributed by atoms with Crippen molar-refractivity contribution >= 4 is 23.3 Å². The normalized spacial score (nSPS) is 17.0. The molecule has 0 radical (unpaired) electrons. The van der Waals surface area contributed by atoms with Crippen LogP contribution in [0, 0.1) is 0 Å². The lowest BCUT2D eigenvalue weighted by atomic mass is 9.95. The summed E-state index contributed by atoms with van der Waals surface area (Å²) in [7, 11) is 0. The third-order valence-corrected chi connectivity index (χ3v) is 4.49. The average Bonchev–Trinajstić information content (AvgIpc) is 2.66. The molecule has 1 heterocycles. The highest BCUT2D eigenvalue weighted by molar-refractivity contribution is 7.80. The summed E-state index contributed by atoms with van der Waals surface area (Å²) in [5.74, 6) is -0.575. The van der Waals surface area contributed by atoms with E-state index in [2.05, 4.69) is 10.6 Å². The predicted octanol–water partition coefficient (Wildman–Crippen LogP) is 4.24. The Labute approximate surface area is 165 Å². The van der Waals surface area contributed by atoms with E-state index in [4.69, 9.17) is 17.0 Å². The van der Waals surface area contributed by atoms with Crippen LogP contribution in [0.2, 0.25) is 0 Å². The highest BCUT2D eigenvalue weighted by Crippen LogP contribution is 2.32. The summed E-state index contributed by atoms with van der Waals surface area (Å²) in [6, 6.07) is 13.1. The summed E-state index contributed by atoms with van der Waals surface area (Å²) < 4.78 is 43.9. The van der Waals surface area contributed by atoms with E-state index in [0.717, 1.165) is 17.7 Å². The number of halogens is 3. The summed E-state index contributed by atoms with van der Waals surface area (Å²) >= 11 is 5.14. The van der Waals surface area contributed by atoms with Gasteiger partial charge in [-0.1, -0.05) is 42.5 Å². The molecule has 0 fully saturated rings. The third kappa shape index (κ3) is 4.51. The molecule has 2 N–H and O–H groups in total. The van der Waals surface area contributed by atoms with Gasteiger partial charge in [0.05, 0.1) is 17.2 Å². The number of alkyl halides is 3. The molecule has 0 saturated carbocycles. The molecular formula is C20H17F3N2O2S. The maximum Gasteiger partial charge on any atom is 0.416 e. The molecule has 28 heavy (non-hydrogen) atoms. The van der Waals surface area contributed by atoms with Crippen LogP contribution in [0.4, 0.5) is 13.2 Å². The van der Waals surface area contributed by atoms with Gasteiger partial charge in [0.25, 0.3) is 0 Å². The summed E-state index contributed by atoms with van der Waals surface area (Å²) in [5, 5.41) is 6.07. The van der Waals surface area contributed by atoms with Crippen molar-refractivity contribution in [2.45, 2.75) is 25.7 Å². The molecule has 3 rings (SSSR count). The molecule has 0 bridgehead atoms. The number of carbonyl (C=O) groups is 1. The van der Waals surface area contributed by atoms with Gasteiger partial charge in [0, 0.05) is 5.70 Å². The molecule has 1 unspecified atom stereocenters. The highest BCUT2D eigenvalue weighted by Gasteiger charge is 2.33. The SMILES string of the molecule is CC1=C(C(=O)OCc2ccccc2)C(c2ccc(C(F)(F)F)cc2)NC(=S)N1. The molecule has 0 aromatic heterocycles. The number of allylic oxidation sites excluding steroid dienone is 1. The second-order valence-corrected chi connectivity index (χ2v) is 6.66. The fraction of sp³-hybridized carbons (Fsp3) is 0.200. The Balaban J connectivity index is 1.85. The van der Waals surface area contributed by atoms with E-state index >= 15 is 0 Å². The van der Waals surface area contributed by atoms with Crippen molar-refractivity contribution in [1.82, 2.24) is 10.6 Å². The second kappa shape index (κ2) is 8.02. The Kier molecular flexibility index (Phi) is 5.69. The quantitative estimate of drug-likeness (QED) is 0.588. The average molecular weight is 406 g/mol. The van der Waals surface area contributed by atoms with Gasteiger partial charge in [-0.05, 0) is 42.4 Å². The van der Waals surface area contributed by atoms with Gasteiger partial charge < -0.3 is 15.4 Å². The van der Waals surface area contributed by atoms with Crippen molar-refractivity contribution in [3.8, 4) is 0 Å². The second-order valence-electron chi connectivity index (χ2n) is 6.25. The van der Waals surface area contributed by atoms with Crippen LogP contribution in [0.5, 0.6) is 0 Å². The van der Waals surface area contributed by atoms with Gasteiger partial charge in [-0.2, -0.15) is 13.2 Å². The van der Waals surface area contributed by atoms with Gasteiger partial charge >= 0.3 is 12.1 Å². The maximum absolute atomic E-state index is 12.8. The molecule has 1 aliphatic rings. The van der Waals surface area contributed by atoms with Crippen molar-refractivity contribution < 1.29 is 22.7 Å². The van der Waals surface area contributed by atoms with Crippen LogP contribution in [0.25, 0.3) is 0 Å². The van der Waals surface area contributed by atoms with Crippen LogP contribution >= 0.6 is 12.2 Å². The minimum Gasteiger partial charge on any atom is -0.457 e. The molecule has 146 valence electrons. The maximum atomic E-state index is 12.8. The number of benzene rings is 2. The molecule has 2 aromatic rings. The van der Waals surface area contributed by atoms with Gasteiger partial charge in [0.15, 0.2) is 5.11 Å². The Hall–Kier alpha value is -2.87. The monoisotopic (exact) mass is 406 g/mol. The van der Waals surface area contributed by atoms with Crippen molar-refractivity contribution in [3.63, 3.8) is 0 Å². The fourth-order valence-electron chi connectivity index (χ4n) is 2.88. The number of esters is 1. The van der Waals surface area contributed by atoms with E-state index in [1.54, 1.807) is 6.92 Å². The lowest BCUT2D eigenvalue weighted by molar-refractivity contribution is -0.141. The molecule has 0 spiro atoms. The summed E-state index contributed by atoms with van der Waals surface area (Å²) in [6.07, 6.45) is -4.43. The Bertz CT molecular complexity index is 909. The van der Waals surface area contributed by atoms with Crippen molar-refractivity contribution in [1.29, 1.82) is 0 Å². The zero-order valence-corrected chi connectivity index (χ0v) is 15.7. The molecule has 2 aromatic carbocycles. The van der Waals surface area contributed by atoms with Crippen molar-refractivity contribution in [2.75, 3.05) is 0 Å². The number of ether oxygens (including phenoxy) is 1. The highest BCUT2D eigenvalue weighted by atomic mass is 32.1. The number of nitrogens with one attached hydrogen (secondary N) is 2. The van der Waals surface area contributed by atoms with Crippen LogP contribution < -0.4 is 10.6 Å². The van der Waals surface area contributed by atoms with Gasteiger partial charge in [-0.3, -0.25) is 0 Å². The Morgan fingerprint density at radius 1 is 1.11 bits per heavy atom. The third-order valence-electron chi connectivity index (χ3n) is 4.27. The fourth-order valence-corrected chi connectivity index (χ4v) is 3.15. The van der Waals surface area contributed by atoms with Gasteiger partial charge in [0.1, 0.15) is 6.61 Å². The zero-order chi connectivity index (χ0) is 20.3. The van der Waals surface area contributed by atoms with Crippen LogP contribution in [-0.2, 0) is 22.3 Å². The van der Waals surface area contributed by atoms with Crippen LogP contribution in [-0.4, -0.2) is 11.1 Å². The smallest absolute Gasteiger partial charge is 0.416 e. The first kappa shape index (κ1) is 19.9. The number of rotatable bonds is 4. The predicted molar refractivity (Wildman–Crippen MR) is 102 cm³/mol. The number of thiocarbonyl (C=S) groups is 1. The van der Waals surface area contributed by atoms with Crippen molar-refractivity contribution in [2.24, 2.45) is 0 Å². The Morgan fingerprint density at radius 3 is 2.36 bits per heavy atom. The van der Waals surface area contributed by atoms with E-state index < -0.39 is 23.8 Å². The molecule has 1 aliphatic heterocycles. The summed E-state index contributed by atoms with van der Waals surface area (Å²) in [5.41, 5.74) is 1.30. The summed E-state index contributed by atoms with van der Waals surface area (Å²) in [6.45, 7) is 1.75. The van der Waals surface area contributed by atoms with E-state index in [-0.39, 0.29) is 17.3 Å². The lowest BCUT2D eigenvalue weighted by Gasteiger charge is -2.30. The molecular weight excluding hydrogens is 389 g/mol. The van der Waals surface area contributed by atoms with E-state index in [1.807, 2.05) is 30.3 Å². The van der Waals surface area contributed by atoms with Crippen molar-refractivity contribution in [3.05, 3.63) is 82.6 Å². The van der Waals surface area contributed by atoms with Crippen LogP contribution in [0.1, 0.15) is 29.7 Å². The lowest BCUT2D eigenvalue weighted by Crippen LogP contribution is -2.45. The largest absolute Gasteiger partial charge is 0.457 e.